The lowest BCUT2D eigenvalue weighted by molar-refractivity contribution is 0.280. The molecule has 1 aromatic rings. The first-order valence-electron chi connectivity index (χ1n) is 8.57. The van der Waals surface area contributed by atoms with Gasteiger partial charge in [0.1, 0.15) is 0 Å². The Morgan fingerprint density at radius 3 is 3.00 bits per heavy atom. The van der Waals surface area contributed by atoms with E-state index >= 15 is 0 Å². The molecular weight excluding hydrogens is 276 g/mol. The molecule has 0 saturated carbocycles. The van der Waals surface area contributed by atoms with E-state index in [1.165, 1.54) is 68.0 Å². The molecule has 0 aliphatic carbocycles. The first kappa shape index (κ1) is 15.4. The molecule has 1 N–H and O–H groups in total. The van der Waals surface area contributed by atoms with E-state index in [0.29, 0.717) is 12.1 Å². The molecule has 3 rings (SSSR count). The molecule has 2 atom stereocenters. The average molecular weight is 305 g/mol. The topological polar surface area (TPSA) is 15.3 Å². The van der Waals surface area contributed by atoms with E-state index in [4.69, 9.17) is 0 Å². The van der Waals surface area contributed by atoms with Crippen LogP contribution in [0.2, 0.25) is 0 Å². The lowest BCUT2D eigenvalue weighted by atomic mass is 10.0. The van der Waals surface area contributed by atoms with E-state index in [0.717, 1.165) is 0 Å². The van der Waals surface area contributed by atoms with Gasteiger partial charge in [0.15, 0.2) is 0 Å². The second-order valence-corrected chi connectivity index (χ2v) is 7.50. The highest BCUT2D eigenvalue weighted by Gasteiger charge is 2.24. The number of hydrogen-bond acceptors (Lipinski definition) is 3. The maximum atomic E-state index is 3.98. The Hall–Kier alpha value is -0.510. The fourth-order valence-electron chi connectivity index (χ4n) is 3.66. The lowest BCUT2D eigenvalue weighted by Gasteiger charge is -2.30. The molecule has 1 saturated heterocycles. The molecule has 2 nitrogen and oxygen atoms in total. The third-order valence-electron chi connectivity index (χ3n) is 4.76. The summed E-state index contributed by atoms with van der Waals surface area (Å²) >= 11 is 2.02. The van der Waals surface area contributed by atoms with Crippen molar-refractivity contribution in [3.8, 4) is 0 Å². The van der Waals surface area contributed by atoms with E-state index in [-0.39, 0.29) is 0 Å². The Morgan fingerprint density at radius 2 is 2.10 bits per heavy atom. The molecule has 0 radical (unpaired) electrons. The molecule has 0 amide bonds. The van der Waals surface area contributed by atoms with Crippen molar-refractivity contribution in [2.24, 2.45) is 0 Å². The van der Waals surface area contributed by atoms with Gasteiger partial charge in [-0.1, -0.05) is 25.1 Å². The van der Waals surface area contributed by atoms with E-state index in [1.54, 1.807) is 0 Å². The van der Waals surface area contributed by atoms with Crippen molar-refractivity contribution in [1.29, 1.82) is 0 Å². The Bertz CT molecular complexity index is 449. The summed E-state index contributed by atoms with van der Waals surface area (Å²) in [6, 6.07) is 10.2. The van der Waals surface area contributed by atoms with Crippen molar-refractivity contribution in [3.63, 3.8) is 0 Å². The van der Waals surface area contributed by atoms with E-state index in [2.05, 4.69) is 41.4 Å². The number of hydrogen-bond donors (Lipinski definition) is 1. The number of fused-ring (bicyclic) bond motifs is 1. The van der Waals surface area contributed by atoms with Gasteiger partial charge in [0.2, 0.25) is 0 Å². The molecule has 2 aliphatic rings. The predicted molar refractivity (Wildman–Crippen MR) is 92.0 cm³/mol. The van der Waals surface area contributed by atoms with Crippen molar-refractivity contribution in [1.82, 2.24) is 10.2 Å². The molecule has 116 valence electrons. The predicted octanol–water partition coefficient (Wildman–Crippen LogP) is 4.08. The van der Waals surface area contributed by atoms with Crippen LogP contribution in [0.1, 0.15) is 50.6 Å². The summed E-state index contributed by atoms with van der Waals surface area (Å²) in [5.41, 5.74) is 1.53. The van der Waals surface area contributed by atoms with Gasteiger partial charge in [-0.2, -0.15) is 0 Å². The molecule has 1 aromatic carbocycles. The first-order chi connectivity index (χ1) is 10.4. The van der Waals surface area contributed by atoms with Gasteiger partial charge in [0.05, 0.1) is 0 Å². The molecule has 0 aromatic heterocycles. The van der Waals surface area contributed by atoms with Crippen molar-refractivity contribution < 1.29 is 0 Å². The Balaban J connectivity index is 1.60. The van der Waals surface area contributed by atoms with Gasteiger partial charge >= 0.3 is 0 Å². The highest BCUT2D eigenvalue weighted by Crippen LogP contribution is 2.36. The summed E-state index contributed by atoms with van der Waals surface area (Å²) in [6.45, 7) is 6.13. The quantitative estimate of drug-likeness (QED) is 0.902. The van der Waals surface area contributed by atoms with Crippen LogP contribution >= 0.6 is 11.8 Å². The summed E-state index contributed by atoms with van der Waals surface area (Å²) in [4.78, 5) is 4.13. The summed E-state index contributed by atoms with van der Waals surface area (Å²) in [5.74, 6) is 1.25. The lowest BCUT2D eigenvalue weighted by Crippen LogP contribution is -2.35. The number of rotatable bonds is 4. The second kappa shape index (κ2) is 7.66. The second-order valence-electron chi connectivity index (χ2n) is 6.36. The molecule has 0 bridgehead atoms. The smallest absolute Gasteiger partial charge is 0.0341 e. The highest BCUT2D eigenvalue weighted by molar-refractivity contribution is 7.99. The van der Waals surface area contributed by atoms with Crippen LogP contribution in [-0.2, 0) is 0 Å². The van der Waals surface area contributed by atoms with Gasteiger partial charge in [-0.05, 0) is 69.1 Å². The maximum Gasteiger partial charge on any atom is 0.0341 e. The van der Waals surface area contributed by atoms with Crippen molar-refractivity contribution in [2.45, 2.75) is 56.0 Å². The zero-order valence-electron chi connectivity index (χ0n) is 13.2. The number of nitrogens with zero attached hydrogens (tertiary/aromatic N) is 1. The summed E-state index contributed by atoms with van der Waals surface area (Å²) < 4.78 is 0. The Morgan fingerprint density at radius 1 is 1.19 bits per heavy atom. The van der Waals surface area contributed by atoms with Gasteiger partial charge in [-0.3, -0.25) is 0 Å². The van der Waals surface area contributed by atoms with E-state index in [9.17, 15) is 0 Å². The fourth-order valence-corrected chi connectivity index (χ4v) is 4.79. The van der Waals surface area contributed by atoms with Gasteiger partial charge in [0.25, 0.3) is 0 Å². The zero-order valence-corrected chi connectivity index (χ0v) is 14.0. The van der Waals surface area contributed by atoms with Crippen LogP contribution in [0.3, 0.4) is 0 Å². The molecule has 2 unspecified atom stereocenters. The first-order valence-corrected chi connectivity index (χ1v) is 9.55. The van der Waals surface area contributed by atoms with Gasteiger partial charge in [-0.25, -0.2) is 0 Å². The molecule has 1 fully saturated rings. The highest BCUT2D eigenvalue weighted by atomic mass is 32.2. The largest absolute Gasteiger partial charge is 0.307 e. The van der Waals surface area contributed by atoms with Gasteiger partial charge in [0, 0.05) is 17.0 Å². The Kier molecular flexibility index (Phi) is 5.61. The monoisotopic (exact) mass is 304 g/mol. The normalized spacial score (nSPS) is 27.1. The summed E-state index contributed by atoms with van der Waals surface area (Å²) in [6.07, 6.45) is 6.56. The molecule has 0 spiro atoms. The van der Waals surface area contributed by atoms with Crippen molar-refractivity contribution in [3.05, 3.63) is 29.8 Å². The van der Waals surface area contributed by atoms with Crippen LogP contribution in [0.4, 0.5) is 0 Å². The number of likely N-dealkylation sites (tertiary alicyclic amines) is 1. The Labute approximate surface area is 133 Å². The molecule has 2 aliphatic heterocycles. The molecular formula is C18H28N2S. The molecule has 2 heterocycles. The van der Waals surface area contributed by atoms with Crippen LogP contribution < -0.4 is 5.32 Å². The minimum atomic E-state index is 0.574. The molecule has 21 heavy (non-hydrogen) atoms. The number of thioether (sulfide) groups is 1. The third-order valence-corrected chi connectivity index (χ3v) is 5.88. The zero-order chi connectivity index (χ0) is 14.5. The summed E-state index contributed by atoms with van der Waals surface area (Å²) in [5, 5.41) is 3.98. The van der Waals surface area contributed by atoms with Crippen molar-refractivity contribution in [2.75, 3.05) is 25.4 Å². The number of nitrogens with one attached hydrogen (secondary N) is 1. The van der Waals surface area contributed by atoms with Crippen LogP contribution in [0, 0.1) is 0 Å². The fraction of sp³-hybridized carbons (Fsp3) is 0.667. The van der Waals surface area contributed by atoms with Gasteiger partial charge < -0.3 is 10.2 Å². The van der Waals surface area contributed by atoms with Crippen LogP contribution in [-0.4, -0.2) is 36.3 Å². The minimum Gasteiger partial charge on any atom is -0.307 e. The van der Waals surface area contributed by atoms with Crippen LogP contribution in [0.25, 0.3) is 0 Å². The average Bonchev–Trinajstić information content (AvgIpc) is 2.74. The van der Waals surface area contributed by atoms with Gasteiger partial charge in [-0.15, -0.1) is 11.8 Å². The van der Waals surface area contributed by atoms with E-state index in [1.807, 2.05) is 11.8 Å². The van der Waals surface area contributed by atoms with Crippen LogP contribution in [0.5, 0.6) is 0 Å². The SMILES string of the molecule is CCCN1CCCC(NC2CCSc3ccccc32)CC1. The minimum absolute atomic E-state index is 0.574. The molecule has 3 heteroatoms. The van der Waals surface area contributed by atoms with Crippen LogP contribution in [0.15, 0.2) is 29.2 Å². The summed E-state index contributed by atoms with van der Waals surface area (Å²) in [7, 11) is 0. The number of benzene rings is 1. The van der Waals surface area contributed by atoms with E-state index < -0.39 is 0 Å². The standard InChI is InChI=1S/C18H28N2S/c1-2-11-20-12-5-6-15(9-13-20)19-17-10-14-21-18-8-4-3-7-16(17)18/h3-4,7-8,15,17,19H,2,5-6,9-14H2,1H3. The van der Waals surface area contributed by atoms with Crippen molar-refractivity contribution >= 4 is 11.8 Å². The third kappa shape index (κ3) is 4.02. The maximum absolute atomic E-state index is 3.98.